The van der Waals surface area contributed by atoms with Crippen molar-refractivity contribution in [3.63, 3.8) is 0 Å². The van der Waals surface area contributed by atoms with Gasteiger partial charge in [-0.05, 0) is 37.5 Å². The monoisotopic (exact) mass is 319 g/mol. The van der Waals surface area contributed by atoms with E-state index in [2.05, 4.69) is 83.0 Å². The fourth-order valence-corrected chi connectivity index (χ4v) is 2.47. The molecule has 5 nitrogen and oxygen atoms in total. The summed E-state index contributed by atoms with van der Waals surface area (Å²) in [7, 11) is 0. The Morgan fingerprint density at radius 1 is 0.917 bits per heavy atom. The molecule has 0 aliphatic rings. The summed E-state index contributed by atoms with van der Waals surface area (Å²) in [5.41, 5.74) is 5.82. The Hall–Kier alpha value is -2.95. The second-order valence-corrected chi connectivity index (χ2v) is 5.90. The number of hydrogen-bond donors (Lipinski definition) is 2. The highest BCUT2D eigenvalue weighted by molar-refractivity contribution is 5.64. The van der Waals surface area contributed by atoms with Crippen molar-refractivity contribution in [2.45, 2.75) is 27.3 Å². The molecule has 3 rings (SSSR count). The summed E-state index contributed by atoms with van der Waals surface area (Å²) in [6, 6.07) is 14.6. The molecule has 2 N–H and O–H groups in total. The lowest BCUT2D eigenvalue weighted by Gasteiger charge is -2.12. The summed E-state index contributed by atoms with van der Waals surface area (Å²) in [6.07, 6.45) is 1.63. The van der Waals surface area contributed by atoms with Gasteiger partial charge in [0.2, 0.25) is 5.95 Å². The van der Waals surface area contributed by atoms with Crippen LogP contribution in [-0.2, 0) is 6.54 Å². The van der Waals surface area contributed by atoms with Gasteiger partial charge in [-0.25, -0.2) is 0 Å². The molecule has 0 saturated heterocycles. The summed E-state index contributed by atoms with van der Waals surface area (Å²) < 4.78 is 0. The minimum atomic E-state index is 0.506. The summed E-state index contributed by atoms with van der Waals surface area (Å²) in [5, 5.41) is 14.6. The van der Waals surface area contributed by atoms with Gasteiger partial charge in [0, 0.05) is 12.2 Å². The molecule has 0 spiro atoms. The van der Waals surface area contributed by atoms with Crippen LogP contribution >= 0.6 is 0 Å². The standard InChI is InChI=1S/C19H21N5/c1-13-7-9-16(10-8-13)11-20-19-23-17(12-21-24-19)22-18-14(2)5-4-6-15(18)3/h4-10,12H,11H2,1-3H3,(H2,20,22,23,24). The van der Waals surface area contributed by atoms with Crippen LogP contribution in [0.15, 0.2) is 48.7 Å². The molecule has 0 aliphatic carbocycles. The van der Waals surface area contributed by atoms with Gasteiger partial charge in [-0.2, -0.15) is 10.1 Å². The van der Waals surface area contributed by atoms with Crippen LogP contribution in [-0.4, -0.2) is 15.2 Å². The molecule has 0 bridgehead atoms. The largest absolute Gasteiger partial charge is 0.349 e. The number of aromatic nitrogens is 3. The summed E-state index contributed by atoms with van der Waals surface area (Å²) >= 11 is 0. The number of nitrogens with zero attached hydrogens (tertiary/aromatic N) is 3. The van der Waals surface area contributed by atoms with E-state index in [4.69, 9.17) is 0 Å². The molecule has 0 aliphatic heterocycles. The van der Waals surface area contributed by atoms with Crippen LogP contribution in [0.25, 0.3) is 0 Å². The first kappa shape index (κ1) is 15.9. The van der Waals surface area contributed by atoms with Gasteiger partial charge in [0.25, 0.3) is 0 Å². The molecule has 3 aromatic rings. The number of aryl methyl sites for hydroxylation is 3. The van der Waals surface area contributed by atoms with Crippen LogP contribution in [0.5, 0.6) is 0 Å². The van der Waals surface area contributed by atoms with Crippen LogP contribution < -0.4 is 10.6 Å². The molecule has 0 saturated carbocycles. The third-order valence-corrected chi connectivity index (χ3v) is 3.86. The van der Waals surface area contributed by atoms with Crippen LogP contribution in [0.4, 0.5) is 17.5 Å². The predicted molar refractivity (Wildman–Crippen MR) is 97.5 cm³/mol. The van der Waals surface area contributed by atoms with Gasteiger partial charge in [0.1, 0.15) is 0 Å². The van der Waals surface area contributed by atoms with E-state index in [0.29, 0.717) is 18.3 Å². The normalized spacial score (nSPS) is 10.5. The minimum absolute atomic E-state index is 0.506. The van der Waals surface area contributed by atoms with E-state index in [1.165, 1.54) is 22.3 Å². The third-order valence-electron chi connectivity index (χ3n) is 3.86. The maximum atomic E-state index is 4.49. The molecule has 1 aromatic heterocycles. The number of benzene rings is 2. The van der Waals surface area contributed by atoms with E-state index < -0.39 is 0 Å². The zero-order valence-corrected chi connectivity index (χ0v) is 14.2. The van der Waals surface area contributed by atoms with Crippen molar-refractivity contribution in [1.82, 2.24) is 15.2 Å². The maximum Gasteiger partial charge on any atom is 0.244 e. The summed E-state index contributed by atoms with van der Waals surface area (Å²) in [6.45, 7) is 6.88. The fourth-order valence-electron chi connectivity index (χ4n) is 2.47. The Bertz CT molecular complexity index is 807. The van der Waals surface area contributed by atoms with Gasteiger partial charge in [0.15, 0.2) is 5.82 Å². The Labute approximate surface area is 142 Å². The van der Waals surface area contributed by atoms with E-state index in [1.54, 1.807) is 6.20 Å². The number of nitrogens with one attached hydrogen (secondary N) is 2. The smallest absolute Gasteiger partial charge is 0.244 e. The minimum Gasteiger partial charge on any atom is -0.349 e. The van der Waals surface area contributed by atoms with Gasteiger partial charge >= 0.3 is 0 Å². The van der Waals surface area contributed by atoms with Crippen molar-refractivity contribution in [2.24, 2.45) is 0 Å². The average molecular weight is 319 g/mol. The molecule has 0 amide bonds. The van der Waals surface area contributed by atoms with Gasteiger partial charge in [0.05, 0.1) is 6.20 Å². The lowest BCUT2D eigenvalue weighted by molar-refractivity contribution is 0.948. The molecule has 1 heterocycles. The fraction of sp³-hybridized carbons (Fsp3) is 0.211. The van der Waals surface area contributed by atoms with Crippen molar-refractivity contribution >= 4 is 17.5 Å². The lowest BCUT2D eigenvalue weighted by Crippen LogP contribution is -2.07. The van der Waals surface area contributed by atoms with Crippen molar-refractivity contribution in [3.8, 4) is 0 Å². The number of para-hydroxylation sites is 1. The molecule has 0 radical (unpaired) electrons. The van der Waals surface area contributed by atoms with Crippen LogP contribution in [0.3, 0.4) is 0 Å². The van der Waals surface area contributed by atoms with E-state index >= 15 is 0 Å². The Morgan fingerprint density at radius 2 is 1.62 bits per heavy atom. The number of anilines is 3. The van der Waals surface area contributed by atoms with Gasteiger partial charge in [-0.15, -0.1) is 5.10 Å². The Morgan fingerprint density at radius 3 is 2.33 bits per heavy atom. The van der Waals surface area contributed by atoms with Crippen molar-refractivity contribution in [1.29, 1.82) is 0 Å². The first-order valence-electron chi connectivity index (χ1n) is 7.94. The van der Waals surface area contributed by atoms with Crippen molar-refractivity contribution < 1.29 is 0 Å². The predicted octanol–water partition coefficient (Wildman–Crippen LogP) is 4.15. The molecule has 0 unspecified atom stereocenters. The van der Waals surface area contributed by atoms with Gasteiger partial charge < -0.3 is 10.6 Å². The Balaban J connectivity index is 1.71. The Kier molecular flexibility index (Phi) is 4.70. The van der Waals surface area contributed by atoms with Gasteiger partial charge in [-0.3, -0.25) is 0 Å². The van der Waals surface area contributed by atoms with Gasteiger partial charge in [-0.1, -0.05) is 48.0 Å². The molecule has 122 valence electrons. The van der Waals surface area contributed by atoms with Crippen molar-refractivity contribution in [3.05, 3.63) is 70.9 Å². The average Bonchev–Trinajstić information content (AvgIpc) is 2.58. The van der Waals surface area contributed by atoms with E-state index in [1.807, 2.05) is 6.07 Å². The molecular weight excluding hydrogens is 298 g/mol. The lowest BCUT2D eigenvalue weighted by atomic mass is 10.1. The van der Waals surface area contributed by atoms with E-state index in [-0.39, 0.29) is 0 Å². The molecule has 2 aromatic carbocycles. The van der Waals surface area contributed by atoms with Crippen LogP contribution in [0, 0.1) is 20.8 Å². The SMILES string of the molecule is Cc1ccc(CNc2nncc(Nc3c(C)cccc3C)n2)cc1. The van der Waals surface area contributed by atoms with E-state index in [0.717, 1.165) is 5.69 Å². The topological polar surface area (TPSA) is 62.7 Å². The number of hydrogen-bond acceptors (Lipinski definition) is 5. The zero-order valence-electron chi connectivity index (χ0n) is 14.2. The molecule has 5 heteroatoms. The second kappa shape index (κ2) is 7.08. The molecular formula is C19H21N5. The third kappa shape index (κ3) is 3.87. The van der Waals surface area contributed by atoms with Crippen LogP contribution in [0.2, 0.25) is 0 Å². The second-order valence-electron chi connectivity index (χ2n) is 5.90. The highest BCUT2D eigenvalue weighted by Crippen LogP contribution is 2.23. The zero-order chi connectivity index (χ0) is 16.9. The van der Waals surface area contributed by atoms with Crippen LogP contribution in [0.1, 0.15) is 22.3 Å². The first-order valence-corrected chi connectivity index (χ1v) is 7.94. The molecule has 0 fully saturated rings. The van der Waals surface area contributed by atoms with Crippen molar-refractivity contribution in [2.75, 3.05) is 10.6 Å². The highest BCUT2D eigenvalue weighted by atomic mass is 15.3. The first-order chi connectivity index (χ1) is 11.6. The molecule has 0 atom stereocenters. The maximum absolute atomic E-state index is 4.49. The van der Waals surface area contributed by atoms with E-state index in [9.17, 15) is 0 Å². The summed E-state index contributed by atoms with van der Waals surface area (Å²) in [4.78, 5) is 4.49. The highest BCUT2D eigenvalue weighted by Gasteiger charge is 2.05. The molecule has 24 heavy (non-hydrogen) atoms. The number of rotatable bonds is 5. The quantitative estimate of drug-likeness (QED) is 0.739. The summed E-state index contributed by atoms with van der Waals surface area (Å²) in [5.74, 6) is 1.18.